The lowest BCUT2D eigenvalue weighted by molar-refractivity contribution is -0.122. The van der Waals surface area contributed by atoms with Gasteiger partial charge in [-0.25, -0.2) is 4.39 Å². The first-order valence-corrected chi connectivity index (χ1v) is 10.4. The highest BCUT2D eigenvalue weighted by atomic mass is 35.5. The van der Waals surface area contributed by atoms with Crippen molar-refractivity contribution in [1.82, 2.24) is 5.32 Å². The predicted octanol–water partition coefficient (Wildman–Crippen LogP) is 4.28. The zero-order valence-electron chi connectivity index (χ0n) is 16.9. The third-order valence-corrected chi connectivity index (χ3v) is 5.38. The van der Waals surface area contributed by atoms with Crippen LogP contribution in [-0.4, -0.2) is 23.7 Å². The smallest absolute Gasteiger partial charge is 0.251 e. The molecule has 0 aliphatic heterocycles. The summed E-state index contributed by atoms with van der Waals surface area (Å²) in [7, 11) is 0. The molecule has 6 nitrogen and oxygen atoms in total. The second-order valence-electron chi connectivity index (χ2n) is 7.36. The average Bonchev–Trinajstić information content (AvgIpc) is 2.76. The summed E-state index contributed by atoms with van der Waals surface area (Å²) in [6.45, 7) is 0. The van der Waals surface area contributed by atoms with Gasteiger partial charge in [0.15, 0.2) is 0 Å². The number of rotatable bonds is 6. The second-order valence-corrected chi connectivity index (χ2v) is 7.80. The van der Waals surface area contributed by atoms with Gasteiger partial charge in [-0.05, 0) is 68.2 Å². The third kappa shape index (κ3) is 6.65. The fourth-order valence-corrected chi connectivity index (χ4v) is 3.53. The minimum atomic E-state index is -0.390. The van der Waals surface area contributed by atoms with Gasteiger partial charge in [0.2, 0.25) is 0 Å². The van der Waals surface area contributed by atoms with Crippen LogP contribution in [0.4, 0.5) is 10.1 Å². The van der Waals surface area contributed by atoms with Crippen molar-refractivity contribution >= 4 is 34.9 Å². The predicted molar refractivity (Wildman–Crippen MR) is 120 cm³/mol. The molecule has 1 aliphatic carbocycles. The molecule has 162 valence electrons. The van der Waals surface area contributed by atoms with Crippen LogP contribution in [0.3, 0.4) is 0 Å². The number of hydrogen-bond acceptors (Lipinski definition) is 3. The lowest BCUT2D eigenvalue weighted by atomic mass is 9.85. The zero-order valence-corrected chi connectivity index (χ0v) is 17.6. The van der Waals surface area contributed by atoms with Gasteiger partial charge in [0.05, 0.1) is 5.69 Å². The summed E-state index contributed by atoms with van der Waals surface area (Å²) in [5, 5.41) is 6.34. The van der Waals surface area contributed by atoms with Gasteiger partial charge in [0.25, 0.3) is 11.8 Å². The molecule has 0 saturated heterocycles. The van der Waals surface area contributed by atoms with E-state index in [0.29, 0.717) is 42.0 Å². The summed E-state index contributed by atoms with van der Waals surface area (Å²) < 4.78 is 13.5. The topological polar surface area (TPSA) is 96.6 Å². The molecule has 2 aromatic rings. The van der Waals surface area contributed by atoms with Gasteiger partial charge in [-0.3, -0.25) is 9.59 Å². The van der Waals surface area contributed by atoms with Crippen LogP contribution >= 0.6 is 11.6 Å². The fourth-order valence-electron chi connectivity index (χ4n) is 3.41. The SMILES string of the molecule is NC(/C=C\Nc1ccccc1F)=NC(=O)C1CCC(NC(=O)c2ccc(Cl)cc2)CC1. The Bertz CT molecular complexity index is 983. The van der Waals surface area contributed by atoms with Gasteiger partial charge < -0.3 is 16.4 Å². The lowest BCUT2D eigenvalue weighted by Crippen LogP contribution is -2.38. The van der Waals surface area contributed by atoms with Crippen LogP contribution in [0.15, 0.2) is 65.8 Å². The Kier molecular flexibility index (Phi) is 7.78. The molecule has 0 heterocycles. The minimum Gasteiger partial charge on any atom is -0.384 e. The fraction of sp³-hybridized carbons (Fsp3) is 0.261. The molecular formula is C23H24ClFN4O2. The second kappa shape index (κ2) is 10.7. The Hall–Kier alpha value is -3.19. The maximum atomic E-state index is 13.5. The highest BCUT2D eigenvalue weighted by Gasteiger charge is 2.27. The molecule has 31 heavy (non-hydrogen) atoms. The van der Waals surface area contributed by atoms with E-state index in [-0.39, 0.29) is 29.6 Å². The number of amides is 2. The summed E-state index contributed by atoms with van der Waals surface area (Å²) in [4.78, 5) is 28.6. The number of nitrogens with two attached hydrogens (primary N) is 1. The molecule has 0 bridgehead atoms. The first-order valence-electron chi connectivity index (χ1n) is 10.0. The number of carbonyl (C=O) groups excluding carboxylic acids is 2. The van der Waals surface area contributed by atoms with Crippen molar-refractivity contribution in [3.63, 3.8) is 0 Å². The van der Waals surface area contributed by atoms with Crippen LogP contribution in [0.1, 0.15) is 36.0 Å². The molecule has 1 aliphatic rings. The zero-order chi connectivity index (χ0) is 22.2. The van der Waals surface area contributed by atoms with Crippen LogP contribution in [0.25, 0.3) is 0 Å². The number of benzene rings is 2. The Balaban J connectivity index is 1.45. The summed E-state index contributed by atoms with van der Waals surface area (Å²) in [5.41, 5.74) is 6.65. The Labute approximate surface area is 185 Å². The number of nitrogens with one attached hydrogen (secondary N) is 2. The van der Waals surface area contributed by atoms with E-state index >= 15 is 0 Å². The van der Waals surface area contributed by atoms with Crippen molar-refractivity contribution in [2.45, 2.75) is 31.7 Å². The maximum Gasteiger partial charge on any atom is 0.251 e. The molecule has 8 heteroatoms. The van der Waals surface area contributed by atoms with Crippen molar-refractivity contribution in [2.75, 3.05) is 5.32 Å². The molecule has 4 N–H and O–H groups in total. The van der Waals surface area contributed by atoms with E-state index in [1.54, 1.807) is 42.5 Å². The van der Waals surface area contributed by atoms with Crippen molar-refractivity contribution in [3.8, 4) is 0 Å². The molecule has 0 aromatic heterocycles. The van der Waals surface area contributed by atoms with Gasteiger partial charge in [-0.1, -0.05) is 23.7 Å². The molecule has 0 spiro atoms. The number of para-hydroxylation sites is 1. The summed E-state index contributed by atoms with van der Waals surface area (Å²) in [5.74, 6) is -1.00. The number of amidine groups is 1. The van der Waals surface area contributed by atoms with E-state index in [1.165, 1.54) is 18.3 Å². The van der Waals surface area contributed by atoms with Crippen LogP contribution in [0.5, 0.6) is 0 Å². The minimum absolute atomic E-state index is 0.0124. The summed E-state index contributed by atoms with van der Waals surface area (Å²) >= 11 is 5.85. The molecule has 1 saturated carbocycles. The van der Waals surface area contributed by atoms with E-state index in [9.17, 15) is 14.0 Å². The molecule has 2 aromatic carbocycles. The third-order valence-electron chi connectivity index (χ3n) is 5.12. The number of carbonyl (C=O) groups is 2. The molecule has 0 radical (unpaired) electrons. The number of hydrogen-bond donors (Lipinski definition) is 3. The van der Waals surface area contributed by atoms with Crippen molar-refractivity contribution in [1.29, 1.82) is 0 Å². The Morgan fingerprint density at radius 2 is 1.74 bits per heavy atom. The first kappa shape index (κ1) is 22.5. The number of halogens is 2. The van der Waals surface area contributed by atoms with E-state index in [2.05, 4.69) is 15.6 Å². The normalized spacial score (nSPS) is 19.2. The average molecular weight is 443 g/mol. The highest BCUT2D eigenvalue weighted by Crippen LogP contribution is 2.26. The van der Waals surface area contributed by atoms with E-state index in [4.69, 9.17) is 17.3 Å². The van der Waals surface area contributed by atoms with Gasteiger partial charge in [-0.15, -0.1) is 0 Å². The molecule has 2 amide bonds. The molecule has 0 unspecified atom stereocenters. The number of aliphatic imine (C=N–C) groups is 1. The van der Waals surface area contributed by atoms with Crippen LogP contribution in [0, 0.1) is 11.7 Å². The van der Waals surface area contributed by atoms with E-state index in [1.807, 2.05) is 0 Å². The van der Waals surface area contributed by atoms with Gasteiger partial charge in [0, 0.05) is 28.7 Å². The molecule has 0 atom stereocenters. The molecule has 3 rings (SSSR count). The molecular weight excluding hydrogens is 419 g/mol. The first-order chi connectivity index (χ1) is 14.9. The lowest BCUT2D eigenvalue weighted by Gasteiger charge is -2.27. The van der Waals surface area contributed by atoms with Crippen molar-refractivity contribution < 1.29 is 14.0 Å². The Morgan fingerprint density at radius 1 is 1.06 bits per heavy atom. The van der Waals surface area contributed by atoms with E-state index < -0.39 is 5.82 Å². The number of anilines is 1. The monoisotopic (exact) mass is 442 g/mol. The van der Waals surface area contributed by atoms with Gasteiger partial charge in [0.1, 0.15) is 11.7 Å². The molecule has 1 fully saturated rings. The standard InChI is InChI=1S/C23H24ClFN4O2/c24-17-9-5-15(6-10-17)22(30)28-18-11-7-16(8-12-18)23(31)29-21(26)13-14-27-20-4-2-1-3-19(20)25/h1-6,9-10,13-14,16,18,27H,7-8,11-12H2,(H,28,30)(H2,26,29,31)/b14-13-. The quantitative estimate of drug-likeness (QED) is 0.459. The summed E-state index contributed by atoms with van der Waals surface area (Å²) in [6, 6.07) is 12.9. The Morgan fingerprint density at radius 3 is 2.42 bits per heavy atom. The van der Waals surface area contributed by atoms with E-state index in [0.717, 1.165) is 0 Å². The summed E-state index contributed by atoms with van der Waals surface area (Å²) in [6.07, 6.45) is 5.48. The largest absolute Gasteiger partial charge is 0.384 e. The van der Waals surface area contributed by atoms with Crippen LogP contribution < -0.4 is 16.4 Å². The number of nitrogens with zero attached hydrogens (tertiary/aromatic N) is 1. The van der Waals surface area contributed by atoms with Crippen molar-refractivity contribution in [3.05, 3.63) is 77.2 Å². The van der Waals surface area contributed by atoms with Gasteiger partial charge >= 0.3 is 0 Å². The van der Waals surface area contributed by atoms with Crippen LogP contribution in [0.2, 0.25) is 5.02 Å². The van der Waals surface area contributed by atoms with Gasteiger partial charge in [-0.2, -0.15) is 4.99 Å². The van der Waals surface area contributed by atoms with Crippen LogP contribution in [-0.2, 0) is 4.79 Å². The maximum absolute atomic E-state index is 13.5. The highest BCUT2D eigenvalue weighted by molar-refractivity contribution is 6.30. The van der Waals surface area contributed by atoms with Crippen molar-refractivity contribution in [2.24, 2.45) is 16.6 Å².